The fraction of sp³-hybridized carbons (Fsp3) is 0.133. The topological polar surface area (TPSA) is 49.3 Å². The molecule has 6 heteroatoms. The lowest BCUT2D eigenvalue weighted by molar-refractivity contribution is 0.0948. The second-order valence-electron chi connectivity index (χ2n) is 4.30. The van der Waals surface area contributed by atoms with Crippen LogP contribution in [0, 0.1) is 5.82 Å². The molecule has 0 spiro atoms. The summed E-state index contributed by atoms with van der Waals surface area (Å²) in [5.74, 6) is -0.926. The van der Waals surface area contributed by atoms with Crippen molar-refractivity contribution in [2.24, 2.45) is 0 Å². The maximum absolute atomic E-state index is 13.6. The van der Waals surface area contributed by atoms with Crippen molar-refractivity contribution in [3.63, 3.8) is 0 Å². The number of phenols is 1. The van der Waals surface area contributed by atoms with Crippen LogP contribution in [0.25, 0.3) is 0 Å². The fourth-order valence-electron chi connectivity index (χ4n) is 1.77. The monoisotopic (exact) mass is 369 g/mol. The highest BCUT2D eigenvalue weighted by Gasteiger charge is 2.12. The predicted molar refractivity (Wildman–Crippen MR) is 85.2 cm³/mol. The van der Waals surface area contributed by atoms with Gasteiger partial charge in [-0.15, -0.1) is 11.8 Å². The Labute approximate surface area is 134 Å². The molecule has 0 atom stereocenters. The highest BCUT2D eigenvalue weighted by molar-refractivity contribution is 9.10. The van der Waals surface area contributed by atoms with Gasteiger partial charge in [0.05, 0.1) is 5.56 Å². The zero-order valence-electron chi connectivity index (χ0n) is 11.2. The molecule has 2 aromatic carbocycles. The normalized spacial score (nSPS) is 10.4. The maximum Gasteiger partial charge on any atom is 0.255 e. The standard InChI is InChI=1S/C15H13BrFNO2S/c1-21-11-4-5-12(14(19)7-11)15(20)18-8-9-2-3-10(16)6-13(9)17/h2-7,19H,8H2,1H3,(H,18,20). The number of hydrogen-bond donors (Lipinski definition) is 2. The molecule has 0 heterocycles. The third-order valence-corrected chi connectivity index (χ3v) is 4.12. The molecule has 0 unspecified atom stereocenters. The average Bonchev–Trinajstić information content (AvgIpc) is 2.45. The lowest BCUT2D eigenvalue weighted by Gasteiger charge is -2.09. The van der Waals surface area contributed by atoms with E-state index in [9.17, 15) is 14.3 Å². The molecule has 21 heavy (non-hydrogen) atoms. The lowest BCUT2D eigenvalue weighted by atomic mass is 10.1. The molecule has 2 N–H and O–H groups in total. The molecule has 0 aliphatic rings. The second-order valence-corrected chi connectivity index (χ2v) is 6.10. The van der Waals surface area contributed by atoms with Gasteiger partial charge in [-0.25, -0.2) is 4.39 Å². The zero-order valence-corrected chi connectivity index (χ0v) is 13.6. The smallest absolute Gasteiger partial charge is 0.255 e. The van der Waals surface area contributed by atoms with E-state index in [2.05, 4.69) is 21.2 Å². The quantitative estimate of drug-likeness (QED) is 0.802. The Kier molecular flexibility index (Phi) is 5.25. The molecule has 0 saturated carbocycles. The number of aromatic hydroxyl groups is 1. The first kappa shape index (κ1) is 15.9. The molecule has 0 fully saturated rings. The van der Waals surface area contributed by atoms with Gasteiger partial charge in [-0.2, -0.15) is 0 Å². The van der Waals surface area contributed by atoms with Crippen molar-refractivity contribution in [1.82, 2.24) is 5.32 Å². The number of carbonyl (C=O) groups excluding carboxylic acids is 1. The number of carbonyl (C=O) groups is 1. The Morgan fingerprint density at radius 1 is 1.33 bits per heavy atom. The summed E-state index contributed by atoms with van der Waals surface area (Å²) in [5, 5.41) is 12.4. The fourth-order valence-corrected chi connectivity index (χ4v) is 2.53. The van der Waals surface area contributed by atoms with E-state index in [1.807, 2.05) is 6.26 Å². The molecule has 0 radical (unpaired) electrons. The summed E-state index contributed by atoms with van der Waals surface area (Å²) in [6.45, 7) is 0.0572. The molecule has 0 saturated heterocycles. The maximum atomic E-state index is 13.6. The van der Waals surface area contributed by atoms with Crippen LogP contribution in [-0.2, 0) is 6.54 Å². The number of phenolic OH excluding ortho intramolecular Hbond substituents is 1. The van der Waals surface area contributed by atoms with Crippen LogP contribution in [0.5, 0.6) is 5.75 Å². The van der Waals surface area contributed by atoms with Crippen molar-refractivity contribution >= 4 is 33.6 Å². The number of benzene rings is 2. The molecule has 2 aromatic rings. The Bertz CT molecular complexity index is 679. The Morgan fingerprint density at radius 2 is 2.10 bits per heavy atom. The van der Waals surface area contributed by atoms with E-state index in [0.717, 1.165) is 4.90 Å². The lowest BCUT2D eigenvalue weighted by Crippen LogP contribution is -2.23. The van der Waals surface area contributed by atoms with Gasteiger partial charge in [0.2, 0.25) is 0 Å². The molecule has 3 nitrogen and oxygen atoms in total. The summed E-state index contributed by atoms with van der Waals surface area (Å²) in [7, 11) is 0. The van der Waals surface area contributed by atoms with Crippen LogP contribution in [0.4, 0.5) is 4.39 Å². The van der Waals surface area contributed by atoms with Crippen LogP contribution in [0.1, 0.15) is 15.9 Å². The van der Waals surface area contributed by atoms with E-state index in [4.69, 9.17) is 0 Å². The number of nitrogens with one attached hydrogen (secondary N) is 1. The minimum Gasteiger partial charge on any atom is -0.507 e. The van der Waals surface area contributed by atoms with Crippen LogP contribution in [0.15, 0.2) is 45.8 Å². The van der Waals surface area contributed by atoms with Gasteiger partial charge in [-0.05, 0) is 36.6 Å². The SMILES string of the molecule is CSc1ccc(C(=O)NCc2ccc(Br)cc2F)c(O)c1. The second kappa shape index (κ2) is 6.95. The average molecular weight is 370 g/mol. The summed E-state index contributed by atoms with van der Waals surface area (Å²) in [6, 6.07) is 9.46. The highest BCUT2D eigenvalue weighted by Crippen LogP contribution is 2.24. The van der Waals surface area contributed by atoms with Gasteiger partial charge in [0, 0.05) is 21.5 Å². The van der Waals surface area contributed by atoms with E-state index in [-0.39, 0.29) is 17.9 Å². The van der Waals surface area contributed by atoms with E-state index >= 15 is 0 Å². The highest BCUT2D eigenvalue weighted by atomic mass is 79.9. The first-order valence-electron chi connectivity index (χ1n) is 6.10. The zero-order chi connectivity index (χ0) is 15.4. The summed E-state index contributed by atoms with van der Waals surface area (Å²) in [4.78, 5) is 12.9. The van der Waals surface area contributed by atoms with E-state index in [1.165, 1.54) is 23.9 Å². The molecule has 0 aromatic heterocycles. The molecule has 0 aliphatic heterocycles. The van der Waals surface area contributed by atoms with Crippen molar-refractivity contribution in [1.29, 1.82) is 0 Å². The van der Waals surface area contributed by atoms with Crippen LogP contribution in [-0.4, -0.2) is 17.3 Å². The van der Waals surface area contributed by atoms with Gasteiger partial charge in [0.1, 0.15) is 11.6 Å². The predicted octanol–water partition coefficient (Wildman–Crippen LogP) is 3.95. The van der Waals surface area contributed by atoms with Crippen LogP contribution in [0.2, 0.25) is 0 Å². The van der Waals surface area contributed by atoms with Crippen molar-refractivity contribution < 1.29 is 14.3 Å². The molecule has 2 rings (SSSR count). The minimum atomic E-state index is -0.442. The summed E-state index contributed by atoms with van der Waals surface area (Å²) >= 11 is 4.64. The molecule has 0 aliphatic carbocycles. The van der Waals surface area contributed by atoms with Crippen molar-refractivity contribution in [2.45, 2.75) is 11.4 Å². The van der Waals surface area contributed by atoms with Gasteiger partial charge in [0.15, 0.2) is 0 Å². The number of hydrogen-bond acceptors (Lipinski definition) is 3. The number of thioether (sulfide) groups is 1. The van der Waals surface area contributed by atoms with E-state index in [1.54, 1.807) is 24.3 Å². The van der Waals surface area contributed by atoms with Gasteiger partial charge < -0.3 is 10.4 Å². The van der Waals surface area contributed by atoms with Crippen LogP contribution < -0.4 is 5.32 Å². The third-order valence-electron chi connectivity index (χ3n) is 2.90. The largest absolute Gasteiger partial charge is 0.507 e. The first-order chi connectivity index (χ1) is 10.0. The molecular formula is C15H13BrFNO2S. The number of halogens is 2. The van der Waals surface area contributed by atoms with Gasteiger partial charge >= 0.3 is 0 Å². The Balaban J connectivity index is 2.08. The van der Waals surface area contributed by atoms with Crippen LogP contribution in [0.3, 0.4) is 0 Å². The van der Waals surface area contributed by atoms with E-state index < -0.39 is 11.7 Å². The van der Waals surface area contributed by atoms with Crippen molar-refractivity contribution in [3.05, 3.63) is 57.8 Å². The number of amides is 1. The van der Waals surface area contributed by atoms with Gasteiger partial charge in [0.25, 0.3) is 5.91 Å². The van der Waals surface area contributed by atoms with Crippen molar-refractivity contribution in [2.75, 3.05) is 6.26 Å². The minimum absolute atomic E-state index is 0.0572. The van der Waals surface area contributed by atoms with Gasteiger partial charge in [-0.1, -0.05) is 22.0 Å². The molecule has 110 valence electrons. The molecule has 1 amide bonds. The summed E-state index contributed by atoms with van der Waals surface area (Å²) in [5.41, 5.74) is 0.553. The van der Waals surface area contributed by atoms with Crippen molar-refractivity contribution in [3.8, 4) is 5.75 Å². The molecular weight excluding hydrogens is 357 g/mol. The van der Waals surface area contributed by atoms with Gasteiger partial charge in [-0.3, -0.25) is 4.79 Å². The van der Waals surface area contributed by atoms with Crippen LogP contribution >= 0.6 is 27.7 Å². The third kappa shape index (κ3) is 3.98. The molecule has 0 bridgehead atoms. The number of rotatable bonds is 4. The first-order valence-corrected chi connectivity index (χ1v) is 8.12. The summed E-state index contributed by atoms with van der Waals surface area (Å²) < 4.78 is 14.3. The summed E-state index contributed by atoms with van der Waals surface area (Å²) in [6.07, 6.45) is 1.88. The Morgan fingerprint density at radius 3 is 2.71 bits per heavy atom. The van der Waals surface area contributed by atoms with E-state index in [0.29, 0.717) is 10.0 Å². The Hall–Kier alpha value is -1.53.